The lowest BCUT2D eigenvalue weighted by molar-refractivity contribution is 0.771. The van der Waals surface area contributed by atoms with Crippen LogP contribution in [0.4, 0.5) is 5.82 Å². The Bertz CT molecular complexity index is 1100. The predicted octanol–water partition coefficient (Wildman–Crippen LogP) is 3.60. The molecule has 0 spiro atoms. The van der Waals surface area contributed by atoms with Crippen molar-refractivity contribution in [2.45, 2.75) is 0 Å². The van der Waals surface area contributed by atoms with E-state index in [-0.39, 0.29) is 5.82 Å². The molecule has 0 aliphatic carbocycles. The molecule has 4 aromatic rings. The zero-order valence-electron chi connectivity index (χ0n) is 14.1. The van der Waals surface area contributed by atoms with Crippen molar-refractivity contribution in [3.05, 3.63) is 66.5 Å². The van der Waals surface area contributed by atoms with Gasteiger partial charge in [0, 0.05) is 36.1 Å². The predicted molar refractivity (Wildman–Crippen MR) is 101 cm³/mol. The second kappa shape index (κ2) is 6.22. The van der Waals surface area contributed by atoms with Gasteiger partial charge < -0.3 is 10.7 Å². The average Bonchev–Trinajstić information content (AvgIpc) is 3.31. The van der Waals surface area contributed by atoms with E-state index in [0.717, 1.165) is 28.1 Å². The first-order valence-corrected chi connectivity index (χ1v) is 8.11. The van der Waals surface area contributed by atoms with Crippen molar-refractivity contribution in [3.63, 3.8) is 0 Å². The third-order valence-electron chi connectivity index (χ3n) is 4.20. The Morgan fingerprint density at radius 3 is 2.62 bits per heavy atom. The lowest BCUT2D eigenvalue weighted by Gasteiger charge is -2.09. The van der Waals surface area contributed by atoms with Crippen LogP contribution >= 0.6 is 0 Å². The van der Waals surface area contributed by atoms with E-state index in [0.29, 0.717) is 11.3 Å². The summed E-state index contributed by atoms with van der Waals surface area (Å²) >= 11 is 0. The van der Waals surface area contributed by atoms with E-state index in [4.69, 9.17) is 5.73 Å². The van der Waals surface area contributed by atoms with E-state index in [1.807, 2.05) is 68.0 Å². The van der Waals surface area contributed by atoms with Gasteiger partial charge in [0.15, 0.2) is 0 Å². The van der Waals surface area contributed by atoms with Gasteiger partial charge in [-0.3, -0.25) is 4.68 Å². The van der Waals surface area contributed by atoms with Crippen LogP contribution < -0.4 is 5.73 Å². The van der Waals surface area contributed by atoms with E-state index in [1.54, 1.807) is 4.68 Å². The molecule has 0 saturated carbocycles. The van der Waals surface area contributed by atoms with Crippen LogP contribution in [0.5, 0.6) is 0 Å². The van der Waals surface area contributed by atoms with Crippen LogP contribution in [0.2, 0.25) is 0 Å². The Hall–Kier alpha value is -3.85. The second-order valence-corrected chi connectivity index (χ2v) is 5.94. The number of hydrogen-bond acceptors (Lipinski definition) is 4. The number of nitrogens with one attached hydrogen (secondary N) is 1. The minimum atomic E-state index is 0.206. The summed E-state index contributed by atoms with van der Waals surface area (Å²) < 4.78 is 1.74. The van der Waals surface area contributed by atoms with E-state index in [9.17, 15) is 5.26 Å². The SMILES string of the molecule is Cn1cc(-c2cc(-c3ccc[nH]3)nc(N)c2C#N)c(-c2ccccc2)n1. The van der Waals surface area contributed by atoms with E-state index in [2.05, 4.69) is 21.1 Å². The van der Waals surface area contributed by atoms with Crippen molar-refractivity contribution >= 4 is 5.82 Å². The number of aryl methyl sites for hydroxylation is 1. The number of nitrogens with zero attached hydrogens (tertiary/aromatic N) is 4. The molecular formula is C20H16N6. The quantitative estimate of drug-likeness (QED) is 0.595. The number of rotatable bonds is 3. The molecule has 0 aliphatic heterocycles. The smallest absolute Gasteiger partial charge is 0.142 e. The van der Waals surface area contributed by atoms with Gasteiger partial charge in [-0.1, -0.05) is 30.3 Å². The fraction of sp³-hybridized carbons (Fsp3) is 0.0500. The van der Waals surface area contributed by atoms with Gasteiger partial charge in [0.25, 0.3) is 0 Å². The van der Waals surface area contributed by atoms with Gasteiger partial charge in [0.1, 0.15) is 23.1 Å². The summed E-state index contributed by atoms with van der Waals surface area (Å²) in [4.78, 5) is 7.51. The van der Waals surface area contributed by atoms with Crippen LogP contribution in [-0.4, -0.2) is 19.7 Å². The lowest BCUT2D eigenvalue weighted by Crippen LogP contribution is -2.00. The maximum absolute atomic E-state index is 9.65. The van der Waals surface area contributed by atoms with Crippen LogP contribution in [0.3, 0.4) is 0 Å². The Kier molecular flexibility index (Phi) is 3.75. The van der Waals surface area contributed by atoms with Crippen molar-refractivity contribution in [3.8, 4) is 39.8 Å². The van der Waals surface area contributed by atoms with Crippen LogP contribution in [0.25, 0.3) is 33.8 Å². The van der Waals surface area contributed by atoms with Gasteiger partial charge in [-0.15, -0.1) is 0 Å². The average molecular weight is 340 g/mol. The number of nitriles is 1. The first-order valence-electron chi connectivity index (χ1n) is 8.11. The molecule has 3 heterocycles. The van der Waals surface area contributed by atoms with Crippen LogP contribution in [-0.2, 0) is 7.05 Å². The molecule has 0 amide bonds. The molecule has 1 aromatic carbocycles. The normalized spacial score (nSPS) is 10.6. The Morgan fingerprint density at radius 1 is 1.12 bits per heavy atom. The number of benzene rings is 1. The van der Waals surface area contributed by atoms with Gasteiger partial charge in [0.05, 0.1) is 11.4 Å². The number of pyridine rings is 1. The second-order valence-electron chi connectivity index (χ2n) is 5.94. The first kappa shape index (κ1) is 15.7. The van der Waals surface area contributed by atoms with E-state index in [1.165, 1.54) is 0 Å². The highest BCUT2D eigenvalue weighted by Gasteiger charge is 2.19. The van der Waals surface area contributed by atoms with Crippen LogP contribution in [0.1, 0.15) is 5.56 Å². The van der Waals surface area contributed by atoms with Gasteiger partial charge in [-0.25, -0.2) is 4.98 Å². The fourth-order valence-electron chi connectivity index (χ4n) is 3.02. The number of H-pyrrole nitrogens is 1. The lowest BCUT2D eigenvalue weighted by atomic mass is 9.97. The maximum Gasteiger partial charge on any atom is 0.142 e. The van der Waals surface area contributed by atoms with Gasteiger partial charge in [0.2, 0.25) is 0 Å². The topological polar surface area (TPSA) is 96.3 Å². The first-order chi connectivity index (χ1) is 12.7. The van der Waals surface area contributed by atoms with Gasteiger partial charge >= 0.3 is 0 Å². The minimum Gasteiger partial charge on any atom is -0.383 e. The number of hydrogen-bond donors (Lipinski definition) is 2. The fourth-order valence-corrected chi connectivity index (χ4v) is 3.02. The Balaban J connectivity index is 1.98. The largest absolute Gasteiger partial charge is 0.383 e. The van der Waals surface area contributed by atoms with Gasteiger partial charge in [-0.05, 0) is 18.2 Å². The molecule has 3 aromatic heterocycles. The summed E-state index contributed by atoms with van der Waals surface area (Å²) in [5.74, 6) is 0.206. The molecule has 0 radical (unpaired) electrons. The van der Waals surface area contributed by atoms with E-state index < -0.39 is 0 Å². The van der Waals surface area contributed by atoms with Crippen molar-refractivity contribution in [2.24, 2.45) is 7.05 Å². The Labute approximate surface area is 150 Å². The highest BCUT2D eigenvalue weighted by molar-refractivity contribution is 5.87. The van der Waals surface area contributed by atoms with Crippen molar-refractivity contribution in [1.29, 1.82) is 5.26 Å². The highest BCUT2D eigenvalue weighted by atomic mass is 15.3. The number of nitrogen functional groups attached to an aromatic ring is 1. The highest BCUT2D eigenvalue weighted by Crippen LogP contribution is 2.36. The number of aromatic nitrogens is 4. The third kappa shape index (κ3) is 2.62. The standard InChI is InChI=1S/C20H16N6/c1-26-12-16(19(25-26)13-6-3-2-4-7-13)14-10-18(17-8-5-9-23-17)24-20(22)15(14)11-21/h2-10,12,23H,1H3,(H2,22,24). The summed E-state index contributed by atoms with van der Waals surface area (Å²) in [5.41, 5.74) is 11.3. The summed E-state index contributed by atoms with van der Waals surface area (Å²) in [7, 11) is 1.86. The monoisotopic (exact) mass is 340 g/mol. The zero-order valence-corrected chi connectivity index (χ0v) is 14.1. The van der Waals surface area contributed by atoms with E-state index >= 15 is 0 Å². The molecule has 26 heavy (non-hydrogen) atoms. The molecular weight excluding hydrogens is 324 g/mol. The maximum atomic E-state index is 9.65. The molecule has 0 atom stereocenters. The number of aromatic amines is 1. The summed E-state index contributed by atoms with van der Waals surface area (Å²) in [6, 6.07) is 17.7. The zero-order chi connectivity index (χ0) is 18.1. The van der Waals surface area contributed by atoms with Crippen molar-refractivity contribution < 1.29 is 0 Å². The number of nitrogens with two attached hydrogens (primary N) is 1. The van der Waals surface area contributed by atoms with Crippen molar-refractivity contribution in [2.75, 3.05) is 5.73 Å². The van der Waals surface area contributed by atoms with Crippen LogP contribution in [0, 0.1) is 11.3 Å². The molecule has 4 rings (SSSR count). The van der Waals surface area contributed by atoms with Crippen molar-refractivity contribution in [1.82, 2.24) is 19.7 Å². The molecule has 3 N–H and O–H groups in total. The minimum absolute atomic E-state index is 0.206. The molecule has 6 heteroatoms. The van der Waals surface area contributed by atoms with Gasteiger partial charge in [-0.2, -0.15) is 10.4 Å². The molecule has 126 valence electrons. The third-order valence-corrected chi connectivity index (χ3v) is 4.20. The summed E-state index contributed by atoms with van der Waals surface area (Å²) in [6.45, 7) is 0. The number of anilines is 1. The molecule has 0 unspecified atom stereocenters. The molecule has 6 nitrogen and oxygen atoms in total. The molecule has 0 aliphatic rings. The summed E-state index contributed by atoms with van der Waals surface area (Å²) in [6.07, 6.45) is 3.72. The summed E-state index contributed by atoms with van der Waals surface area (Å²) in [5, 5.41) is 14.2. The molecule has 0 fully saturated rings. The Morgan fingerprint density at radius 2 is 1.92 bits per heavy atom. The molecule has 0 saturated heterocycles. The van der Waals surface area contributed by atoms with Crippen LogP contribution in [0.15, 0.2) is 60.9 Å². The molecule has 0 bridgehead atoms.